The first kappa shape index (κ1) is 9.06. The third-order valence-electron chi connectivity index (χ3n) is 2.12. The molecule has 1 aliphatic rings. The molecule has 0 saturated heterocycles. The van der Waals surface area contributed by atoms with Crippen LogP contribution in [0.15, 0.2) is 29.3 Å². The van der Waals surface area contributed by atoms with Crippen LogP contribution in [0.25, 0.3) is 5.57 Å². The van der Waals surface area contributed by atoms with Crippen LogP contribution in [0.2, 0.25) is 0 Å². The second-order valence-corrected chi connectivity index (χ2v) is 3.14. The topological polar surface area (TPSA) is 12.4 Å². The van der Waals surface area contributed by atoms with Crippen molar-refractivity contribution in [3.8, 4) is 0 Å². The minimum Gasteiger partial charge on any atom is -0.293 e. The molecule has 1 heterocycles. The summed E-state index contributed by atoms with van der Waals surface area (Å²) in [5, 5.41) is 0. The van der Waals surface area contributed by atoms with Gasteiger partial charge in [0.05, 0.1) is 6.54 Å². The summed E-state index contributed by atoms with van der Waals surface area (Å²) in [5.74, 6) is -1.08. The lowest BCUT2D eigenvalue weighted by atomic mass is 10.0. The van der Waals surface area contributed by atoms with Gasteiger partial charge in [0, 0.05) is 18.7 Å². The minimum absolute atomic E-state index is 0.539. The quantitative estimate of drug-likeness (QED) is 0.650. The summed E-state index contributed by atoms with van der Waals surface area (Å²) in [6.45, 7) is 0.591. The molecule has 0 bridgehead atoms. The van der Waals surface area contributed by atoms with Crippen LogP contribution in [0.5, 0.6) is 0 Å². The summed E-state index contributed by atoms with van der Waals surface area (Å²) in [6, 6.07) is 3.56. The first-order valence-electron chi connectivity index (χ1n) is 4.39. The lowest BCUT2D eigenvalue weighted by Gasteiger charge is -2.08. The monoisotopic (exact) mass is 193 g/mol. The van der Waals surface area contributed by atoms with Crippen molar-refractivity contribution >= 4 is 11.8 Å². The average Bonchev–Trinajstić information content (AvgIpc) is 2.18. The van der Waals surface area contributed by atoms with Gasteiger partial charge in [-0.05, 0) is 23.3 Å². The molecule has 0 unspecified atom stereocenters. The molecule has 0 fully saturated rings. The third-order valence-corrected chi connectivity index (χ3v) is 2.12. The second kappa shape index (κ2) is 3.70. The molecule has 0 amide bonds. The van der Waals surface area contributed by atoms with Gasteiger partial charge in [0.15, 0.2) is 0 Å². The number of allylic oxidation sites excluding steroid dienone is 1. The van der Waals surface area contributed by atoms with Crippen LogP contribution in [0.1, 0.15) is 12.0 Å². The zero-order chi connectivity index (χ0) is 9.97. The normalized spacial score (nSPS) is 15.4. The molecule has 0 aromatic heterocycles. The Balaban J connectivity index is 2.36. The molecule has 1 nitrogen and oxygen atoms in total. The number of hydrogen-bond acceptors (Lipinski definition) is 1. The Morgan fingerprint density at radius 1 is 1.07 bits per heavy atom. The second-order valence-electron chi connectivity index (χ2n) is 3.14. The van der Waals surface area contributed by atoms with Gasteiger partial charge < -0.3 is 0 Å². The van der Waals surface area contributed by atoms with Crippen molar-refractivity contribution in [3.05, 3.63) is 41.5 Å². The molecule has 1 aromatic rings. The van der Waals surface area contributed by atoms with E-state index in [1.165, 1.54) is 12.1 Å². The zero-order valence-electron chi connectivity index (χ0n) is 7.50. The molecule has 0 radical (unpaired) electrons. The summed E-state index contributed by atoms with van der Waals surface area (Å²) >= 11 is 0. The zero-order valence-corrected chi connectivity index (χ0v) is 7.50. The number of dihydropyridines is 1. The van der Waals surface area contributed by atoms with E-state index in [0.29, 0.717) is 18.5 Å². The maximum absolute atomic E-state index is 12.9. The number of halogens is 2. The fourth-order valence-electron chi connectivity index (χ4n) is 1.46. The van der Waals surface area contributed by atoms with Crippen LogP contribution in [-0.4, -0.2) is 12.8 Å². The predicted octanol–water partition coefficient (Wildman–Crippen LogP) is 2.82. The average molecular weight is 193 g/mol. The molecule has 0 spiro atoms. The molecule has 3 heteroatoms. The third kappa shape index (κ3) is 1.87. The van der Waals surface area contributed by atoms with Crippen LogP contribution in [0.3, 0.4) is 0 Å². The van der Waals surface area contributed by atoms with Crippen LogP contribution in [0, 0.1) is 11.6 Å². The molecule has 0 aliphatic carbocycles. The lowest BCUT2D eigenvalue weighted by Crippen LogP contribution is -1.95. The fourth-order valence-corrected chi connectivity index (χ4v) is 1.46. The van der Waals surface area contributed by atoms with Gasteiger partial charge in [-0.1, -0.05) is 6.08 Å². The number of rotatable bonds is 1. The van der Waals surface area contributed by atoms with Gasteiger partial charge in [0.25, 0.3) is 0 Å². The highest BCUT2D eigenvalue weighted by molar-refractivity contribution is 5.81. The summed E-state index contributed by atoms with van der Waals surface area (Å²) < 4.78 is 25.8. The van der Waals surface area contributed by atoms with Crippen molar-refractivity contribution < 1.29 is 8.78 Å². The van der Waals surface area contributed by atoms with Crippen molar-refractivity contribution in [2.24, 2.45) is 4.99 Å². The van der Waals surface area contributed by atoms with Crippen LogP contribution in [-0.2, 0) is 0 Å². The standard InChI is InChI=1S/C11H9F2N/c12-10-5-9(6-11(13)7-10)8-1-3-14-4-2-8/h1,4-7H,2-3H2. The molecule has 14 heavy (non-hydrogen) atoms. The SMILES string of the molecule is Fc1cc(F)cc(C2=CCN=CC2)c1. The summed E-state index contributed by atoms with van der Waals surface area (Å²) in [4.78, 5) is 4.01. The Morgan fingerprint density at radius 2 is 1.79 bits per heavy atom. The predicted molar refractivity (Wildman–Crippen MR) is 52.3 cm³/mol. The van der Waals surface area contributed by atoms with E-state index in [9.17, 15) is 8.78 Å². The van der Waals surface area contributed by atoms with Gasteiger partial charge in [-0.15, -0.1) is 0 Å². The molecule has 0 saturated carbocycles. The number of hydrogen-bond donors (Lipinski definition) is 0. The highest BCUT2D eigenvalue weighted by Gasteiger charge is 2.06. The summed E-state index contributed by atoms with van der Waals surface area (Å²) in [7, 11) is 0. The minimum atomic E-state index is -0.539. The van der Waals surface area contributed by atoms with Crippen LogP contribution >= 0.6 is 0 Å². The highest BCUT2D eigenvalue weighted by Crippen LogP contribution is 2.21. The van der Waals surface area contributed by atoms with E-state index in [2.05, 4.69) is 4.99 Å². The molecule has 0 N–H and O–H groups in total. The van der Waals surface area contributed by atoms with E-state index in [-0.39, 0.29) is 0 Å². The Morgan fingerprint density at radius 3 is 2.36 bits per heavy atom. The van der Waals surface area contributed by atoms with Gasteiger partial charge in [-0.3, -0.25) is 4.99 Å². The number of benzene rings is 1. The van der Waals surface area contributed by atoms with E-state index in [1.54, 1.807) is 6.21 Å². The molecule has 72 valence electrons. The highest BCUT2D eigenvalue weighted by atomic mass is 19.1. The maximum atomic E-state index is 12.9. The Hall–Kier alpha value is -1.51. The van der Waals surface area contributed by atoms with E-state index in [4.69, 9.17) is 0 Å². The Bertz CT molecular complexity index is 387. The van der Waals surface area contributed by atoms with Gasteiger partial charge in [0.1, 0.15) is 11.6 Å². The summed E-state index contributed by atoms with van der Waals surface area (Å²) in [5.41, 5.74) is 1.53. The van der Waals surface area contributed by atoms with Gasteiger partial charge >= 0.3 is 0 Å². The molecular formula is C11H9F2N. The molecule has 1 aliphatic heterocycles. The maximum Gasteiger partial charge on any atom is 0.126 e. The lowest BCUT2D eigenvalue weighted by molar-refractivity contribution is 0.582. The molecular weight excluding hydrogens is 184 g/mol. The van der Waals surface area contributed by atoms with Crippen molar-refractivity contribution in [1.29, 1.82) is 0 Å². The van der Waals surface area contributed by atoms with Crippen molar-refractivity contribution in [3.63, 3.8) is 0 Å². The number of aliphatic imine (C=N–C) groups is 1. The Kier molecular flexibility index (Phi) is 2.39. The first-order valence-corrected chi connectivity index (χ1v) is 4.39. The van der Waals surface area contributed by atoms with E-state index >= 15 is 0 Å². The van der Waals surface area contributed by atoms with E-state index < -0.39 is 11.6 Å². The van der Waals surface area contributed by atoms with Gasteiger partial charge in [-0.25, -0.2) is 8.78 Å². The fraction of sp³-hybridized carbons (Fsp3) is 0.182. The van der Waals surface area contributed by atoms with Crippen molar-refractivity contribution in [2.75, 3.05) is 6.54 Å². The molecule has 2 rings (SSSR count). The van der Waals surface area contributed by atoms with Gasteiger partial charge in [0.2, 0.25) is 0 Å². The van der Waals surface area contributed by atoms with Gasteiger partial charge in [-0.2, -0.15) is 0 Å². The summed E-state index contributed by atoms with van der Waals surface area (Å²) in [6.07, 6.45) is 4.29. The van der Waals surface area contributed by atoms with E-state index in [0.717, 1.165) is 11.6 Å². The molecule has 1 aromatic carbocycles. The van der Waals surface area contributed by atoms with Crippen molar-refractivity contribution in [1.82, 2.24) is 0 Å². The molecule has 0 atom stereocenters. The van der Waals surface area contributed by atoms with Crippen molar-refractivity contribution in [2.45, 2.75) is 6.42 Å². The Labute approximate surface area is 80.8 Å². The first-order chi connectivity index (χ1) is 6.75. The largest absolute Gasteiger partial charge is 0.293 e. The number of nitrogens with zero attached hydrogens (tertiary/aromatic N) is 1. The van der Waals surface area contributed by atoms with Crippen LogP contribution in [0.4, 0.5) is 8.78 Å². The van der Waals surface area contributed by atoms with E-state index in [1.807, 2.05) is 6.08 Å². The van der Waals surface area contributed by atoms with Crippen LogP contribution < -0.4 is 0 Å². The smallest absolute Gasteiger partial charge is 0.126 e.